The standard InChI is InChI=1S/C20H26O/c1-20(2)12-6-5-9-18(20)19(21)14-15-10-11-16-7-3-4-8-17(16)13-15/h3-4,7-8,10-11,13,18-19,21H,5-6,9,12,14H2,1-2H3. The first-order valence-corrected chi connectivity index (χ1v) is 8.22. The van der Waals surface area contributed by atoms with Crippen LogP contribution in [0.2, 0.25) is 0 Å². The summed E-state index contributed by atoms with van der Waals surface area (Å²) in [5.74, 6) is 0.428. The fourth-order valence-electron chi connectivity index (χ4n) is 3.98. The first kappa shape index (κ1) is 14.6. The lowest BCUT2D eigenvalue weighted by atomic mass is 9.66. The Bertz CT molecular complexity index is 614. The molecule has 2 atom stereocenters. The molecule has 2 unspecified atom stereocenters. The molecule has 0 radical (unpaired) electrons. The summed E-state index contributed by atoms with van der Waals surface area (Å²) in [7, 11) is 0. The van der Waals surface area contributed by atoms with Gasteiger partial charge in [-0.15, -0.1) is 0 Å². The van der Waals surface area contributed by atoms with E-state index in [0.717, 1.165) is 6.42 Å². The van der Waals surface area contributed by atoms with E-state index in [0.29, 0.717) is 5.92 Å². The second-order valence-corrected chi connectivity index (χ2v) is 7.29. The molecule has 0 aromatic heterocycles. The van der Waals surface area contributed by atoms with Crippen molar-refractivity contribution < 1.29 is 5.11 Å². The summed E-state index contributed by atoms with van der Waals surface area (Å²) in [6.45, 7) is 4.64. The largest absolute Gasteiger partial charge is 0.392 e. The molecule has 1 fully saturated rings. The number of aliphatic hydroxyl groups is 1. The van der Waals surface area contributed by atoms with E-state index in [2.05, 4.69) is 56.3 Å². The SMILES string of the molecule is CC1(C)CCCCC1C(O)Cc1ccc2ccccc2c1. The van der Waals surface area contributed by atoms with Crippen molar-refractivity contribution in [3.05, 3.63) is 48.0 Å². The van der Waals surface area contributed by atoms with Crippen LogP contribution in [0.5, 0.6) is 0 Å². The Balaban J connectivity index is 1.77. The summed E-state index contributed by atoms with van der Waals surface area (Å²) in [6.07, 6.45) is 5.55. The molecule has 2 aromatic rings. The summed E-state index contributed by atoms with van der Waals surface area (Å²) in [6, 6.07) is 15.0. The summed E-state index contributed by atoms with van der Waals surface area (Å²) < 4.78 is 0. The highest BCUT2D eigenvalue weighted by Crippen LogP contribution is 2.43. The Hall–Kier alpha value is -1.34. The minimum atomic E-state index is -0.221. The molecule has 1 nitrogen and oxygen atoms in total. The van der Waals surface area contributed by atoms with Gasteiger partial charge in [0, 0.05) is 0 Å². The van der Waals surface area contributed by atoms with Gasteiger partial charge >= 0.3 is 0 Å². The van der Waals surface area contributed by atoms with Crippen molar-refractivity contribution in [2.45, 2.75) is 52.1 Å². The van der Waals surface area contributed by atoms with E-state index < -0.39 is 0 Å². The van der Waals surface area contributed by atoms with Crippen molar-refractivity contribution in [3.8, 4) is 0 Å². The summed E-state index contributed by atoms with van der Waals surface area (Å²) in [5, 5.41) is 13.3. The zero-order chi connectivity index (χ0) is 14.9. The summed E-state index contributed by atoms with van der Waals surface area (Å²) >= 11 is 0. The first-order chi connectivity index (χ1) is 10.1. The van der Waals surface area contributed by atoms with Crippen molar-refractivity contribution in [3.63, 3.8) is 0 Å². The van der Waals surface area contributed by atoms with E-state index in [1.165, 1.54) is 42.0 Å². The molecule has 0 amide bonds. The number of aliphatic hydroxyl groups excluding tert-OH is 1. The molecule has 1 aliphatic rings. The topological polar surface area (TPSA) is 20.2 Å². The fraction of sp³-hybridized carbons (Fsp3) is 0.500. The minimum absolute atomic E-state index is 0.221. The molecular formula is C20H26O. The zero-order valence-electron chi connectivity index (χ0n) is 13.2. The van der Waals surface area contributed by atoms with Crippen LogP contribution in [0.25, 0.3) is 10.8 Å². The maximum Gasteiger partial charge on any atom is 0.0613 e. The highest BCUT2D eigenvalue weighted by molar-refractivity contribution is 5.82. The van der Waals surface area contributed by atoms with Gasteiger partial charge in [0.1, 0.15) is 0 Å². The third kappa shape index (κ3) is 3.13. The average Bonchev–Trinajstić information content (AvgIpc) is 2.46. The van der Waals surface area contributed by atoms with Crippen molar-refractivity contribution in [2.24, 2.45) is 11.3 Å². The van der Waals surface area contributed by atoms with E-state index in [1.807, 2.05) is 0 Å². The van der Waals surface area contributed by atoms with Gasteiger partial charge in [-0.3, -0.25) is 0 Å². The Morgan fingerprint density at radius 1 is 1.10 bits per heavy atom. The van der Waals surface area contributed by atoms with Crippen LogP contribution in [0.1, 0.15) is 45.1 Å². The highest BCUT2D eigenvalue weighted by Gasteiger charge is 2.36. The lowest BCUT2D eigenvalue weighted by molar-refractivity contribution is 0.00582. The lowest BCUT2D eigenvalue weighted by Gasteiger charge is -2.41. The van der Waals surface area contributed by atoms with Crippen LogP contribution >= 0.6 is 0 Å². The van der Waals surface area contributed by atoms with Crippen molar-refractivity contribution in [1.29, 1.82) is 0 Å². The molecule has 3 rings (SSSR count). The second kappa shape index (κ2) is 5.81. The van der Waals surface area contributed by atoms with Gasteiger partial charge in [-0.25, -0.2) is 0 Å². The van der Waals surface area contributed by atoms with Crippen LogP contribution in [0, 0.1) is 11.3 Å². The van der Waals surface area contributed by atoms with Crippen molar-refractivity contribution in [2.75, 3.05) is 0 Å². The molecule has 1 saturated carbocycles. The lowest BCUT2D eigenvalue weighted by Crippen LogP contribution is -2.37. The van der Waals surface area contributed by atoms with E-state index in [1.54, 1.807) is 0 Å². The molecule has 0 saturated heterocycles. The van der Waals surface area contributed by atoms with E-state index in [4.69, 9.17) is 0 Å². The Kier molecular flexibility index (Phi) is 4.03. The van der Waals surface area contributed by atoms with Gasteiger partial charge in [0.05, 0.1) is 6.10 Å². The smallest absolute Gasteiger partial charge is 0.0613 e. The number of hydrogen-bond acceptors (Lipinski definition) is 1. The predicted octanol–water partition coefficient (Wildman–Crippen LogP) is 4.96. The van der Waals surface area contributed by atoms with Gasteiger partial charge in [0.2, 0.25) is 0 Å². The minimum Gasteiger partial charge on any atom is -0.392 e. The highest BCUT2D eigenvalue weighted by atomic mass is 16.3. The Morgan fingerprint density at radius 2 is 1.86 bits per heavy atom. The molecule has 1 heteroatoms. The van der Waals surface area contributed by atoms with Gasteiger partial charge in [0.15, 0.2) is 0 Å². The monoisotopic (exact) mass is 282 g/mol. The molecule has 1 aliphatic carbocycles. The maximum atomic E-state index is 10.7. The Labute approximate surface area is 128 Å². The van der Waals surface area contributed by atoms with Crippen LogP contribution in [-0.2, 0) is 6.42 Å². The third-order valence-corrected chi connectivity index (χ3v) is 5.31. The van der Waals surface area contributed by atoms with E-state index >= 15 is 0 Å². The predicted molar refractivity (Wildman–Crippen MR) is 89.4 cm³/mol. The number of rotatable bonds is 3. The average molecular weight is 282 g/mol. The van der Waals surface area contributed by atoms with Crippen LogP contribution in [0.3, 0.4) is 0 Å². The summed E-state index contributed by atoms with van der Waals surface area (Å²) in [4.78, 5) is 0. The summed E-state index contributed by atoms with van der Waals surface area (Å²) in [5.41, 5.74) is 1.52. The van der Waals surface area contributed by atoms with Crippen LogP contribution < -0.4 is 0 Å². The van der Waals surface area contributed by atoms with Gasteiger partial charge in [0.25, 0.3) is 0 Å². The molecule has 2 aromatic carbocycles. The maximum absolute atomic E-state index is 10.7. The van der Waals surface area contributed by atoms with E-state index in [9.17, 15) is 5.11 Å². The van der Waals surface area contributed by atoms with Crippen LogP contribution in [-0.4, -0.2) is 11.2 Å². The molecule has 112 valence electrons. The van der Waals surface area contributed by atoms with Gasteiger partial charge in [-0.2, -0.15) is 0 Å². The molecular weight excluding hydrogens is 256 g/mol. The number of benzene rings is 2. The normalized spacial score (nSPS) is 23.1. The van der Waals surface area contributed by atoms with Gasteiger partial charge in [-0.1, -0.05) is 69.2 Å². The molecule has 0 aliphatic heterocycles. The second-order valence-electron chi connectivity index (χ2n) is 7.29. The molecule has 0 heterocycles. The first-order valence-electron chi connectivity index (χ1n) is 8.22. The van der Waals surface area contributed by atoms with Crippen molar-refractivity contribution in [1.82, 2.24) is 0 Å². The number of fused-ring (bicyclic) bond motifs is 1. The molecule has 0 spiro atoms. The third-order valence-electron chi connectivity index (χ3n) is 5.31. The quantitative estimate of drug-likeness (QED) is 0.843. The molecule has 21 heavy (non-hydrogen) atoms. The molecule has 1 N–H and O–H groups in total. The number of hydrogen-bond donors (Lipinski definition) is 1. The van der Waals surface area contributed by atoms with Gasteiger partial charge in [-0.05, 0) is 46.9 Å². The Morgan fingerprint density at radius 3 is 2.62 bits per heavy atom. The molecule has 0 bridgehead atoms. The fourth-order valence-corrected chi connectivity index (χ4v) is 3.98. The van der Waals surface area contributed by atoms with Gasteiger partial charge < -0.3 is 5.11 Å². The van der Waals surface area contributed by atoms with E-state index in [-0.39, 0.29) is 11.5 Å². The van der Waals surface area contributed by atoms with Crippen LogP contribution in [0.15, 0.2) is 42.5 Å². The van der Waals surface area contributed by atoms with Crippen LogP contribution in [0.4, 0.5) is 0 Å². The zero-order valence-corrected chi connectivity index (χ0v) is 13.2. The van der Waals surface area contributed by atoms with Crippen molar-refractivity contribution >= 4 is 10.8 Å².